The number of hydrogen-bond donors (Lipinski definition) is 0. The van der Waals surface area contributed by atoms with Crippen LogP contribution in [0.3, 0.4) is 0 Å². The van der Waals surface area contributed by atoms with E-state index < -0.39 is 9.85 Å². The zero-order chi connectivity index (χ0) is 32.3. The van der Waals surface area contributed by atoms with Crippen molar-refractivity contribution in [1.29, 1.82) is 0 Å². The van der Waals surface area contributed by atoms with Crippen LogP contribution in [0, 0.1) is 67.6 Å². The quantitative estimate of drug-likeness (QED) is 0.149. The van der Waals surface area contributed by atoms with Gasteiger partial charge in [0, 0.05) is 74.5 Å². The van der Waals surface area contributed by atoms with Crippen LogP contribution >= 0.6 is 11.3 Å². The highest BCUT2D eigenvalue weighted by molar-refractivity contribution is 7.15. The minimum absolute atomic E-state index is 0.0241. The van der Waals surface area contributed by atoms with Crippen molar-refractivity contribution in [3.63, 3.8) is 0 Å². The van der Waals surface area contributed by atoms with Crippen LogP contribution in [-0.2, 0) is 0 Å². The lowest BCUT2D eigenvalue weighted by Gasteiger charge is -2.11. The molecule has 4 rings (SSSR count). The summed E-state index contributed by atoms with van der Waals surface area (Å²) < 4.78 is 0. The highest BCUT2D eigenvalue weighted by Crippen LogP contribution is 2.23. The number of non-ortho nitro benzene ring substituents is 1. The van der Waals surface area contributed by atoms with Gasteiger partial charge in [-0.1, -0.05) is 46.9 Å². The number of anilines is 2. The average molecular weight is 611 g/mol. The summed E-state index contributed by atoms with van der Waals surface area (Å²) in [4.78, 5) is 25.8. The summed E-state index contributed by atoms with van der Waals surface area (Å²) in [7, 11) is 7.83. The second-order valence-electron chi connectivity index (χ2n) is 9.83. The molecule has 9 heteroatoms. The monoisotopic (exact) mass is 610 g/mol. The van der Waals surface area contributed by atoms with Crippen LogP contribution in [0.25, 0.3) is 0 Å². The van der Waals surface area contributed by atoms with Crippen LogP contribution in [0.4, 0.5) is 22.1 Å². The fourth-order valence-corrected chi connectivity index (χ4v) is 4.36. The Labute approximate surface area is 265 Å². The molecule has 0 aliphatic heterocycles. The highest BCUT2D eigenvalue weighted by Gasteiger charge is 2.08. The fraction of sp³-hybridized carbons (Fsp3) is 0.111. The molecule has 4 aromatic rings. The number of nitrogens with zero attached hydrogens (tertiary/aromatic N) is 4. The van der Waals surface area contributed by atoms with Crippen molar-refractivity contribution < 1.29 is 9.85 Å². The molecule has 0 saturated heterocycles. The van der Waals surface area contributed by atoms with Gasteiger partial charge in [-0.05, 0) is 78.6 Å². The summed E-state index contributed by atoms with van der Waals surface area (Å²) in [6, 6.07) is 24.3. The fourth-order valence-electron chi connectivity index (χ4n) is 3.69. The van der Waals surface area contributed by atoms with E-state index in [1.807, 2.05) is 86.5 Å². The van der Waals surface area contributed by atoms with Crippen LogP contribution in [0.15, 0.2) is 96.1 Å². The van der Waals surface area contributed by atoms with Crippen LogP contribution in [0.5, 0.6) is 0 Å². The molecule has 0 atom stereocenters. The van der Waals surface area contributed by atoms with E-state index in [1.165, 1.54) is 18.2 Å². The first kappa shape index (κ1) is 31.7. The summed E-state index contributed by atoms with van der Waals surface area (Å²) >= 11 is 0.954. The number of allylic oxidation sites excluding steroid dienone is 2. The number of thiophene rings is 1. The lowest BCUT2D eigenvalue weighted by molar-refractivity contribution is -0.384. The Kier molecular flexibility index (Phi) is 10.4. The van der Waals surface area contributed by atoms with E-state index >= 15 is 0 Å². The number of nitro benzene ring substituents is 1. The Morgan fingerprint density at radius 2 is 0.956 bits per heavy atom. The molecule has 1 aromatic heterocycles. The van der Waals surface area contributed by atoms with Gasteiger partial charge >= 0.3 is 5.00 Å². The van der Waals surface area contributed by atoms with Gasteiger partial charge < -0.3 is 9.80 Å². The van der Waals surface area contributed by atoms with Crippen molar-refractivity contribution in [3.8, 4) is 47.4 Å². The maximum Gasteiger partial charge on any atom is 0.325 e. The third kappa shape index (κ3) is 9.11. The Balaban J connectivity index is 1.87. The molecule has 0 fully saturated rings. The van der Waals surface area contributed by atoms with Gasteiger partial charge in [0.05, 0.1) is 25.9 Å². The molecule has 0 aliphatic carbocycles. The number of rotatable bonds is 4. The first-order chi connectivity index (χ1) is 21.6. The van der Waals surface area contributed by atoms with Gasteiger partial charge in [-0.3, -0.25) is 20.2 Å². The number of nitro groups is 2. The third-order valence-electron chi connectivity index (χ3n) is 6.17. The van der Waals surface area contributed by atoms with E-state index in [0.717, 1.165) is 33.8 Å². The van der Waals surface area contributed by atoms with Gasteiger partial charge in [0.25, 0.3) is 5.69 Å². The van der Waals surface area contributed by atoms with E-state index in [4.69, 9.17) is 0 Å². The van der Waals surface area contributed by atoms with E-state index in [2.05, 4.69) is 47.4 Å². The lowest BCUT2D eigenvalue weighted by atomic mass is 10.1. The molecule has 0 unspecified atom stereocenters. The second kappa shape index (κ2) is 14.8. The zero-order valence-electron chi connectivity index (χ0n) is 24.9. The average Bonchev–Trinajstić information content (AvgIpc) is 3.52. The van der Waals surface area contributed by atoms with Crippen LogP contribution in [0.1, 0.15) is 21.6 Å². The minimum atomic E-state index is -0.479. The van der Waals surface area contributed by atoms with Gasteiger partial charge in [0.2, 0.25) is 0 Å². The van der Waals surface area contributed by atoms with Gasteiger partial charge in [0.15, 0.2) is 0 Å². The molecule has 0 saturated carbocycles. The predicted molar refractivity (Wildman–Crippen MR) is 180 cm³/mol. The van der Waals surface area contributed by atoms with Crippen LogP contribution < -0.4 is 9.80 Å². The molecule has 8 nitrogen and oxygen atoms in total. The zero-order valence-corrected chi connectivity index (χ0v) is 25.7. The molecule has 0 bridgehead atoms. The van der Waals surface area contributed by atoms with Crippen LogP contribution in [-0.4, -0.2) is 38.0 Å². The van der Waals surface area contributed by atoms with Crippen molar-refractivity contribution in [2.45, 2.75) is 0 Å². The molecule has 0 N–H and O–H groups in total. The Morgan fingerprint density at radius 3 is 1.31 bits per heavy atom. The molecular weight excluding hydrogens is 584 g/mol. The molecule has 45 heavy (non-hydrogen) atoms. The summed E-state index contributed by atoms with van der Waals surface area (Å²) in [5.74, 6) is 24.6. The first-order valence-electron chi connectivity index (χ1n) is 13.4. The van der Waals surface area contributed by atoms with Crippen molar-refractivity contribution in [3.05, 3.63) is 138 Å². The maximum atomic E-state index is 11.2. The molecular formula is C36H26N4O4S. The van der Waals surface area contributed by atoms with Gasteiger partial charge in [-0.25, -0.2) is 0 Å². The van der Waals surface area contributed by atoms with Crippen molar-refractivity contribution in [2.24, 2.45) is 0 Å². The highest BCUT2D eigenvalue weighted by atomic mass is 32.1. The first-order valence-corrected chi connectivity index (χ1v) is 14.3. The Hall–Kier alpha value is -6.26. The summed E-state index contributed by atoms with van der Waals surface area (Å²) in [5.41, 5.74) is 4.74. The topological polar surface area (TPSA) is 92.8 Å². The van der Waals surface area contributed by atoms with Crippen molar-refractivity contribution in [2.75, 3.05) is 38.0 Å². The Bertz CT molecular complexity index is 1940. The molecule has 3 aromatic carbocycles. The van der Waals surface area contributed by atoms with Crippen molar-refractivity contribution in [1.82, 2.24) is 0 Å². The largest absolute Gasteiger partial charge is 0.378 e. The molecule has 1 heterocycles. The van der Waals surface area contributed by atoms with E-state index in [-0.39, 0.29) is 10.7 Å². The van der Waals surface area contributed by atoms with E-state index in [9.17, 15) is 20.2 Å². The minimum Gasteiger partial charge on any atom is -0.378 e. The molecule has 0 aliphatic rings. The number of hydrogen-bond acceptors (Lipinski definition) is 7. The number of benzene rings is 3. The van der Waals surface area contributed by atoms with E-state index in [1.54, 1.807) is 18.2 Å². The van der Waals surface area contributed by atoms with Crippen molar-refractivity contribution >= 4 is 33.4 Å². The lowest BCUT2D eigenvalue weighted by Crippen LogP contribution is -2.07. The molecule has 0 radical (unpaired) electrons. The maximum absolute atomic E-state index is 11.2. The van der Waals surface area contributed by atoms with Gasteiger partial charge in [0.1, 0.15) is 0 Å². The van der Waals surface area contributed by atoms with E-state index in [0.29, 0.717) is 21.6 Å². The Morgan fingerprint density at radius 1 is 0.556 bits per heavy atom. The molecule has 0 spiro atoms. The summed E-state index contributed by atoms with van der Waals surface area (Å²) in [6.45, 7) is 0. The molecule has 0 amide bonds. The summed E-state index contributed by atoms with van der Waals surface area (Å²) in [6.07, 6.45) is 0. The molecule has 220 valence electrons. The summed E-state index contributed by atoms with van der Waals surface area (Å²) in [5, 5.41) is 22.3. The van der Waals surface area contributed by atoms with Gasteiger partial charge in [-0.2, -0.15) is 0 Å². The predicted octanol–water partition coefficient (Wildman–Crippen LogP) is 6.50. The standard InChI is InChI=1S/C36H26N4O4S/c1-37(2)32-18-8-27(9-19-32)5-14-30(15-6-28-10-20-33(21-11-28)38(3)4)31(17-24-35-25-26-36(45-35)40(43)44)16-7-29-12-22-34(23-13-29)39(41)42/h8-13,18-23,25-26H,1-4H3. The second-order valence-corrected chi connectivity index (χ2v) is 10.9. The smallest absolute Gasteiger partial charge is 0.325 e. The van der Waals surface area contributed by atoms with Crippen LogP contribution in [0.2, 0.25) is 0 Å². The third-order valence-corrected chi connectivity index (χ3v) is 7.13. The normalized spacial score (nSPS) is 9.42. The SMILES string of the molecule is CN(C)c1ccc(C#CC(C#Cc2ccc(N(C)C)cc2)=C(C#Cc2ccc([N+](=O)[O-])cc2)C#Cc2ccc([N+](=O)[O-])s2)cc1. The van der Waals surface area contributed by atoms with Gasteiger partial charge in [-0.15, -0.1) is 0 Å².